The highest BCUT2D eigenvalue weighted by atomic mass is 16.3. The van der Waals surface area contributed by atoms with Crippen molar-refractivity contribution in [3.05, 3.63) is 34.9 Å². The lowest BCUT2D eigenvalue weighted by atomic mass is 10.0. The monoisotopic (exact) mass is 190 g/mol. The van der Waals surface area contributed by atoms with Gasteiger partial charge < -0.3 is 5.11 Å². The van der Waals surface area contributed by atoms with Crippen LogP contribution < -0.4 is 0 Å². The highest BCUT2D eigenvalue weighted by Crippen LogP contribution is 2.23. The molecule has 1 atom stereocenters. The molecule has 1 heteroatoms. The molecule has 0 amide bonds. The van der Waals surface area contributed by atoms with Gasteiger partial charge in [0, 0.05) is 0 Å². The molecule has 0 bridgehead atoms. The first-order valence-electron chi connectivity index (χ1n) is 5.58. The topological polar surface area (TPSA) is 20.2 Å². The van der Waals surface area contributed by atoms with E-state index in [0.717, 1.165) is 12.8 Å². The summed E-state index contributed by atoms with van der Waals surface area (Å²) in [7, 11) is 0. The van der Waals surface area contributed by atoms with Crippen LogP contribution in [-0.4, -0.2) is 11.2 Å². The number of hydrogen-bond donors (Lipinski definition) is 1. The summed E-state index contributed by atoms with van der Waals surface area (Å²) in [5.74, 6) is 0. The molecule has 0 radical (unpaired) electrons. The van der Waals surface area contributed by atoms with Gasteiger partial charge >= 0.3 is 0 Å². The maximum Gasteiger partial charge on any atom is 0.0577 e. The van der Waals surface area contributed by atoms with Crippen molar-refractivity contribution in [1.82, 2.24) is 0 Å². The second kappa shape index (κ2) is 4.14. The zero-order valence-corrected chi connectivity index (χ0v) is 8.79. The molecule has 0 spiro atoms. The van der Waals surface area contributed by atoms with Gasteiger partial charge in [0.25, 0.3) is 0 Å². The molecule has 0 aromatic heterocycles. The van der Waals surface area contributed by atoms with E-state index in [4.69, 9.17) is 0 Å². The standard InChI is InChI=1S/C13H18O/c1-2-13(14)9-10-6-7-11-4-3-5-12(11)8-10/h6-8,13-14H,2-5,9H2,1H3. The van der Waals surface area contributed by atoms with Crippen LogP contribution in [0.15, 0.2) is 18.2 Å². The molecule has 1 aliphatic rings. The molecule has 0 saturated carbocycles. The second-order valence-electron chi connectivity index (χ2n) is 4.22. The van der Waals surface area contributed by atoms with Crippen molar-refractivity contribution in [2.45, 2.75) is 45.1 Å². The van der Waals surface area contributed by atoms with Crippen LogP contribution in [0.3, 0.4) is 0 Å². The number of rotatable bonds is 3. The third-order valence-electron chi connectivity index (χ3n) is 3.11. The van der Waals surface area contributed by atoms with Crippen molar-refractivity contribution in [2.75, 3.05) is 0 Å². The van der Waals surface area contributed by atoms with Gasteiger partial charge in [0.1, 0.15) is 0 Å². The predicted octanol–water partition coefficient (Wildman–Crippen LogP) is 2.49. The molecule has 76 valence electrons. The van der Waals surface area contributed by atoms with Crippen molar-refractivity contribution < 1.29 is 5.11 Å². The quantitative estimate of drug-likeness (QED) is 0.776. The second-order valence-corrected chi connectivity index (χ2v) is 4.22. The van der Waals surface area contributed by atoms with E-state index in [9.17, 15) is 5.11 Å². The molecule has 14 heavy (non-hydrogen) atoms. The molecule has 0 saturated heterocycles. The van der Waals surface area contributed by atoms with E-state index >= 15 is 0 Å². The Kier molecular flexibility index (Phi) is 2.87. The maximum absolute atomic E-state index is 9.56. The number of fused-ring (bicyclic) bond motifs is 1. The maximum atomic E-state index is 9.56. The van der Waals surface area contributed by atoms with E-state index in [1.54, 1.807) is 0 Å². The van der Waals surface area contributed by atoms with Crippen molar-refractivity contribution in [3.63, 3.8) is 0 Å². The number of benzene rings is 1. The summed E-state index contributed by atoms with van der Waals surface area (Å²) in [6.07, 6.45) is 5.25. The van der Waals surface area contributed by atoms with E-state index in [-0.39, 0.29) is 6.10 Å². The van der Waals surface area contributed by atoms with Gasteiger partial charge in [-0.15, -0.1) is 0 Å². The lowest BCUT2D eigenvalue weighted by molar-refractivity contribution is 0.171. The number of aliphatic hydroxyl groups is 1. The Labute approximate surface area is 85.8 Å². The number of hydrogen-bond acceptors (Lipinski definition) is 1. The molecule has 2 rings (SSSR count). The van der Waals surface area contributed by atoms with Crippen molar-refractivity contribution >= 4 is 0 Å². The van der Waals surface area contributed by atoms with Crippen LogP contribution >= 0.6 is 0 Å². The number of aliphatic hydroxyl groups excluding tert-OH is 1. The van der Waals surface area contributed by atoms with Crippen LogP contribution in [0.2, 0.25) is 0 Å². The van der Waals surface area contributed by atoms with Crippen molar-refractivity contribution in [3.8, 4) is 0 Å². The summed E-state index contributed by atoms with van der Waals surface area (Å²) in [6.45, 7) is 2.03. The van der Waals surface area contributed by atoms with Crippen LogP contribution in [0.1, 0.15) is 36.5 Å². The van der Waals surface area contributed by atoms with E-state index < -0.39 is 0 Å². The van der Waals surface area contributed by atoms with Gasteiger partial charge in [-0.25, -0.2) is 0 Å². The Morgan fingerprint density at radius 2 is 2.07 bits per heavy atom. The largest absolute Gasteiger partial charge is 0.393 e. The fraction of sp³-hybridized carbons (Fsp3) is 0.538. The molecular weight excluding hydrogens is 172 g/mol. The molecule has 1 aromatic rings. The molecule has 1 N–H and O–H groups in total. The Morgan fingerprint density at radius 1 is 1.29 bits per heavy atom. The minimum absolute atomic E-state index is 0.172. The van der Waals surface area contributed by atoms with Crippen LogP contribution in [0.25, 0.3) is 0 Å². The van der Waals surface area contributed by atoms with Gasteiger partial charge in [0.2, 0.25) is 0 Å². The SMILES string of the molecule is CCC(O)Cc1ccc2c(c1)CCC2. The Morgan fingerprint density at radius 3 is 2.86 bits per heavy atom. The lowest BCUT2D eigenvalue weighted by Crippen LogP contribution is -2.08. The summed E-state index contributed by atoms with van der Waals surface area (Å²) in [4.78, 5) is 0. The van der Waals surface area contributed by atoms with Crippen molar-refractivity contribution in [2.24, 2.45) is 0 Å². The summed E-state index contributed by atoms with van der Waals surface area (Å²) in [5, 5.41) is 9.56. The van der Waals surface area contributed by atoms with Gasteiger partial charge in [-0.05, 0) is 48.8 Å². The molecule has 0 heterocycles. The molecule has 1 unspecified atom stereocenters. The van der Waals surface area contributed by atoms with Gasteiger partial charge in [-0.3, -0.25) is 0 Å². The van der Waals surface area contributed by atoms with Crippen molar-refractivity contribution in [1.29, 1.82) is 0 Å². The van der Waals surface area contributed by atoms with Gasteiger partial charge in [-0.2, -0.15) is 0 Å². The van der Waals surface area contributed by atoms with Crippen LogP contribution in [-0.2, 0) is 19.3 Å². The zero-order chi connectivity index (χ0) is 9.97. The van der Waals surface area contributed by atoms with E-state index in [1.165, 1.54) is 36.0 Å². The van der Waals surface area contributed by atoms with Gasteiger partial charge in [0.15, 0.2) is 0 Å². The first-order chi connectivity index (χ1) is 6.79. The Balaban J connectivity index is 2.12. The van der Waals surface area contributed by atoms with Gasteiger partial charge in [-0.1, -0.05) is 25.1 Å². The molecular formula is C13H18O. The average molecular weight is 190 g/mol. The first kappa shape index (κ1) is 9.72. The van der Waals surface area contributed by atoms with Crippen LogP contribution in [0.5, 0.6) is 0 Å². The summed E-state index contributed by atoms with van der Waals surface area (Å²) in [5.41, 5.74) is 4.31. The molecule has 1 aliphatic carbocycles. The van der Waals surface area contributed by atoms with Crippen LogP contribution in [0.4, 0.5) is 0 Å². The minimum Gasteiger partial charge on any atom is -0.393 e. The van der Waals surface area contributed by atoms with E-state index in [0.29, 0.717) is 0 Å². The van der Waals surface area contributed by atoms with E-state index in [2.05, 4.69) is 18.2 Å². The predicted molar refractivity (Wildman–Crippen MR) is 58.5 cm³/mol. The summed E-state index contributed by atoms with van der Waals surface area (Å²) >= 11 is 0. The smallest absolute Gasteiger partial charge is 0.0577 e. The number of aryl methyl sites for hydroxylation is 2. The molecule has 1 nitrogen and oxygen atoms in total. The van der Waals surface area contributed by atoms with Gasteiger partial charge in [0.05, 0.1) is 6.10 Å². The Bertz CT molecular complexity index is 317. The summed E-state index contributed by atoms with van der Waals surface area (Å²) in [6, 6.07) is 6.68. The highest BCUT2D eigenvalue weighted by Gasteiger charge is 2.11. The average Bonchev–Trinajstić information content (AvgIpc) is 2.64. The normalized spacial score (nSPS) is 16.7. The summed E-state index contributed by atoms with van der Waals surface area (Å²) < 4.78 is 0. The molecule has 0 aliphatic heterocycles. The Hall–Kier alpha value is -0.820. The minimum atomic E-state index is -0.172. The molecule has 0 fully saturated rings. The fourth-order valence-electron chi connectivity index (χ4n) is 2.17. The van der Waals surface area contributed by atoms with E-state index in [1.807, 2.05) is 6.92 Å². The third-order valence-corrected chi connectivity index (χ3v) is 3.11. The zero-order valence-electron chi connectivity index (χ0n) is 8.79. The van der Waals surface area contributed by atoms with Crippen LogP contribution in [0, 0.1) is 0 Å². The third kappa shape index (κ3) is 1.98. The fourth-order valence-corrected chi connectivity index (χ4v) is 2.17. The molecule has 1 aromatic carbocycles. The first-order valence-corrected chi connectivity index (χ1v) is 5.58. The lowest BCUT2D eigenvalue weighted by Gasteiger charge is -2.09. The highest BCUT2D eigenvalue weighted by molar-refractivity contribution is 5.35.